The van der Waals surface area contributed by atoms with Gasteiger partial charge in [-0.3, -0.25) is 0 Å². The average Bonchev–Trinajstić information content (AvgIpc) is 2.40. The molecular formula is C10H17B2. The minimum Gasteiger partial charge on any atom is -0.0905 e. The fraction of sp³-hybridized carbons (Fsp3) is 1.00. The molecular weight excluding hydrogens is 142 g/mol. The summed E-state index contributed by atoms with van der Waals surface area (Å²) in [5.74, 6) is 2.75. The summed E-state index contributed by atoms with van der Waals surface area (Å²) in [6.07, 6.45) is 5.47. The summed E-state index contributed by atoms with van der Waals surface area (Å²) >= 11 is 0. The zero-order chi connectivity index (χ0) is 8.77. The Kier molecular flexibility index (Phi) is 2.05. The maximum atomic E-state index is 6.30. The Morgan fingerprint density at radius 2 is 2.00 bits per heavy atom. The van der Waals surface area contributed by atoms with Gasteiger partial charge in [0.2, 0.25) is 0 Å². The Morgan fingerprint density at radius 1 is 1.42 bits per heavy atom. The summed E-state index contributed by atoms with van der Waals surface area (Å²) in [4.78, 5) is 0. The quantitative estimate of drug-likeness (QED) is 0.554. The maximum absolute atomic E-state index is 6.30. The fourth-order valence-electron chi connectivity index (χ4n) is 3.49. The van der Waals surface area contributed by atoms with Crippen molar-refractivity contribution in [2.75, 3.05) is 0 Å². The van der Waals surface area contributed by atoms with Crippen LogP contribution in [0.2, 0.25) is 11.5 Å². The largest absolute Gasteiger partial charge is 0.106 e. The van der Waals surface area contributed by atoms with Crippen molar-refractivity contribution in [3.05, 3.63) is 0 Å². The van der Waals surface area contributed by atoms with Crippen molar-refractivity contribution in [2.45, 2.75) is 44.6 Å². The molecule has 0 N–H and O–H groups in total. The predicted molar refractivity (Wildman–Crippen MR) is 54.7 cm³/mol. The van der Waals surface area contributed by atoms with Crippen molar-refractivity contribution in [2.24, 2.45) is 17.8 Å². The maximum Gasteiger partial charge on any atom is 0.106 e. The number of fused-ring (bicyclic) bond motifs is 1. The van der Waals surface area contributed by atoms with Crippen LogP contribution in [0.1, 0.15) is 33.1 Å². The van der Waals surface area contributed by atoms with Gasteiger partial charge in [-0.2, -0.15) is 0 Å². The molecule has 0 heterocycles. The first-order valence-electron chi connectivity index (χ1n) is 5.28. The van der Waals surface area contributed by atoms with E-state index in [1.54, 1.807) is 0 Å². The molecule has 2 bridgehead atoms. The van der Waals surface area contributed by atoms with Crippen LogP contribution >= 0.6 is 0 Å². The number of rotatable bonds is 3. The van der Waals surface area contributed by atoms with Crippen LogP contribution in [0.25, 0.3) is 0 Å². The molecule has 3 saturated carbocycles. The molecule has 0 aromatic carbocycles. The van der Waals surface area contributed by atoms with Gasteiger partial charge in [0.05, 0.1) is 7.85 Å². The van der Waals surface area contributed by atoms with Crippen molar-refractivity contribution in [3.63, 3.8) is 0 Å². The number of hydrogen-bond acceptors (Lipinski definition) is 0. The highest BCUT2D eigenvalue weighted by Gasteiger charge is 2.51. The number of hydrogen-bond donors (Lipinski definition) is 0. The Hall–Kier alpha value is 0.130. The monoisotopic (exact) mass is 159 g/mol. The highest BCUT2D eigenvalue weighted by Crippen LogP contribution is 2.61. The zero-order valence-corrected chi connectivity index (χ0v) is 8.22. The fourth-order valence-corrected chi connectivity index (χ4v) is 3.49. The second-order valence-electron chi connectivity index (χ2n) is 4.84. The topological polar surface area (TPSA) is 0 Å². The molecule has 63 valence electrons. The van der Waals surface area contributed by atoms with Gasteiger partial charge in [-0.15, -0.1) is 0 Å². The first kappa shape index (κ1) is 8.72. The molecule has 0 saturated heterocycles. The van der Waals surface area contributed by atoms with Crippen molar-refractivity contribution in [1.29, 1.82) is 0 Å². The average molecular weight is 159 g/mol. The Morgan fingerprint density at radius 3 is 2.42 bits per heavy atom. The third kappa shape index (κ3) is 1.15. The van der Waals surface area contributed by atoms with Gasteiger partial charge in [-0.25, -0.2) is 0 Å². The first-order chi connectivity index (χ1) is 5.65. The van der Waals surface area contributed by atoms with Gasteiger partial charge in [-0.1, -0.05) is 25.4 Å². The minimum absolute atomic E-state index is 0.0266. The molecule has 3 unspecified atom stereocenters. The van der Waals surface area contributed by atoms with E-state index < -0.39 is 0 Å². The van der Waals surface area contributed by atoms with Crippen LogP contribution in [-0.4, -0.2) is 15.1 Å². The van der Waals surface area contributed by atoms with E-state index in [0.29, 0.717) is 0 Å². The molecule has 0 aromatic heterocycles. The van der Waals surface area contributed by atoms with E-state index in [2.05, 4.69) is 21.1 Å². The Balaban J connectivity index is 2.00. The molecule has 2 heteroatoms. The van der Waals surface area contributed by atoms with Gasteiger partial charge in [0.15, 0.2) is 0 Å². The first-order valence-corrected chi connectivity index (χ1v) is 5.28. The van der Waals surface area contributed by atoms with Crippen LogP contribution in [0.4, 0.5) is 0 Å². The standard InChI is InChI=1S/C10H17B2/c1-3-12-10(2,11)9-7-4-5-8(9)6-7/h7-9H,3-6H2,1-2H3. The molecule has 0 aromatic rings. The van der Waals surface area contributed by atoms with Crippen LogP contribution < -0.4 is 0 Å². The zero-order valence-electron chi connectivity index (χ0n) is 8.22. The normalized spacial score (nSPS) is 43.3. The van der Waals surface area contributed by atoms with Crippen LogP contribution in [0, 0.1) is 17.8 Å². The molecule has 0 aliphatic heterocycles. The SMILES string of the molecule is [B]C(C)([B]CC)C1C2CCC1C2. The lowest BCUT2D eigenvalue weighted by atomic mass is 9.33. The minimum atomic E-state index is 0.0266. The second kappa shape index (κ2) is 2.82. The third-order valence-electron chi connectivity index (χ3n) is 3.89. The highest BCUT2D eigenvalue weighted by atomic mass is 14.5. The van der Waals surface area contributed by atoms with Gasteiger partial charge in [0.1, 0.15) is 7.28 Å². The summed E-state index contributed by atoms with van der Waals surface area (Å²) < 4.78 is 0. The van der Waals surface area contributed by atoms with E-state index in [9.17, 15) is 0 Å². The lowest BCUT2D eigenvalue weighted by Gasteiger charge is -2.47. The van der Waals surface area contributed by atoms with Gasteiger partial charge in [0.25, 0.3) is 0 Å². The predicted octanol–water partition coefficient (Wildman–Crippen LogP) is 2.48. The molecule has 3 atom stereocenters. The Bertz CT molecular complexity index is 163. The molecule has 3 fully saturated rings. The molecule has 0 nitrogen and oxygen atoms in total. The molecule has 3 aliphatic rings. The van der Waals surface area contributed by atoms with Crippen molar-refractivity contribution in [3.8, 4) is 0 Å². The molecule has 0 spiro atoms. The van der Waals surface area contributed by atoms with Gasteiger partial charge < -0.3 is 0 Å². The summed E-state index contributed by atoms with van der Waals surface area (Å²) in [6.45, 7) is 4.40. The van der Waals surface area contributed by atoms with E-state index in [1.165, 1.54) is 19.3 Å². The smallest absolute Gasteiger partial charge is 0.0905 e. The lowest BCUT2D eigenvalue weighted by Crippen LogP contribution is -2.40. The van der Waals surface area contributed by atoms with Gasteiger partial charge in [-0.05, 0) is 37.0 Å². The van der Waals surface area contributed by atoms with Crippen LogP contribution in [0.15, 0.2) is 0 Å². The van der Waals surface area contributed by atoms with Gasteiger partial charge >= 0.3 is 0 Å². The third-order valence-corrected chi connectivity index (χ3v) is 3.89. The van der Waals surface area contributed by atoms with E-state index >= 15 is 0 Å². The van der Waals surface area contributed by atoms with E-state index in [0.717, 1.165) is 24.1 Å². The molecule has 3 radical (unpaired) electrons. The molecule has 12 heavy (non-hydrogen) atoms. The Labute approximate surface area is 78.2 Å². The molecule has 3 rings (SSSR count). The van der Waals surface area contributed by atoms with Crippen molar-refractivity contribution >= 4 is 15.1 Å². The van der Waals surface area contributed by atoms with E-state index in [4.69, 9.17) is 7.85 Å². The van der Waals surface area contributed by atoms with Crippen LogP contribution in [0.3, 0.4) is 0 Å². The van der Waals surface area contributed by atoms with Crippen LogP contribution in [-0.2, 0) is 0 Å². The lowest BCUT2D eigenvalue weighted by molar-refractivity contribution is 0.137. The summed E-state index contributed by atoms with van der Waals surface area (Å²) in [7, 11) is 8.61. The molecule has 3 aliphatic carbocycles. The second-order valence-corrected chi connectivity index (χ2v) is 4.84. The van der Waals surface area contributed by atoms with Gasteiger partial charge in [0, 0.05) is 0 Å². The van der Waals surface area contributed by atoms with Crippen molar-refractivity contribution in [1.82, 2.24) is 0 Å². The van der Waals surface area contributed by atoms with Crippen molar-refractivity contribution < 1.29 is 0 Å². The summed E-state index contributed by atoms with van der Waals surface area (Å²) in [6, 6.07) is 0. The van der Waals surface area contributed by atoms with E-state index in [1.807, 2.05) is 0 Å². The van der Waals surface area contributed by atoms with Crippen LogP contribution in [0.5, 0.6) is 0 Å². The summed E-state index contributed by atoms with van der Waals surface area (Å²) in [5, 5.41) is 0.0266. The summed E-state index contributed by atoms with van der Waals surface area (Å²) in [5.41, 5.74) is 0. The van der Waals surface area contributed by atoms with E-state index in [-0.39, 0.29) is 5.21 Å². The highest BCUT2D eigenvalue weighted by molar-refractivity contribution is 6.53. The molecule has 0 amide bonds.